The van der Waals surface area contributed by atoms with Gasteiger partial charge in [0.1, 0.15) is 18.2 Å². The molecule has 3 N–H and O–H groups in total. The van der Waals surface area contributed by atoms with Gasteiger partial charge in [0.2, 0.25) is 11.1 Å². The van der Waals surface area contributed by atoms with Crippen molar-refractivity contribution in [2.45, 2.75) is 37.8 Å². The molecule has 0 bridgehead atoms. The van der Waals surface area contributed by atoms with Crippen LogP contribution in [-0.2, 0) is 11.4 Å². The highest BCUT2D eigenvalue weighted by Crippen LogP contribution is 2.23. The van der Waals surface area contributed by atoms with Gasteiger partial charge in [0.15, 0.2) is 5.82 Å². The second-order valence-electron chi connectivity index (χ2n) is 6.59. The number of rotatable bonds is 7. The molecule has 152 valence electrons. The van der Waals surface area contributed by atoms with Crippen LogP contribution in [-0.4, -0.2) is 26.0 Å². The number of carbonyl (C=O) groups is 1. The smallest absolute Gasteiger partial charge is 0.237 e. The van der Waals surface area contributed by atoms with E-state index < -0.39 is 11.1 Å². The van der Waals surface area contributed by atoms with E-state index in [1.807, 2.05) is 32.0 Å². The van der Waals surface area contributed by atoms with E-state index in [-0.39, 0.29) is 12.5 Å². The molecule has 29 heavy (non-hydrogen) atoms. The predicted octanol–water partition coefficient (Wildman–Crippen LogP) is 3.45. The summed E-state index contributed by atoms with van der Waals surface area (Å²) in [7, 11) is 0. The minimum absolute atomic E-state index is 0.151. The molecule has 2 aromatic carbocycles. The van der Waals surface area contributed by atoms with Crippen LogP contribution in [0, 0.1) is 19.7 Å². The highest BCUT2D eigenvalue weighted by Gasteiger charge is 2.20. The van der Waals surface area contributed by atoms with Crippen molar-refractivity contribution in [2.24, 2.45) is 0 Å². The number of carbonyl (C=O) groups excluding carboxylic acids is 1. The van der Waals surface area contributed by atoms with Gasteiger partial charge in [-0.3, -0.25) is 4.79 Å². The first kappa shape index (κ1) is 20.7. The Labute approximate surface area is 172 Å². The van der Waals surface area contributed by atoms with Crippen molar-refractivity contribution in [3.8, 4) is 5.75 Å². The van der Waals surface area contributed by atoms with E-state index in [1.54, 1.807) is 13.0 Å². The molecule has 3 rings (SSSR count). The molecule has 1 heterocycles. The zero-order valence-electron chi connectivity index (χ0n) is 16.3. The van der Waals surface area contributed by atoms with Crippen LogP contribution < -0.4 is 15.9 Å². The third-order valence-corrected chi connectivity index (χ3v) is 5.22. The second kappa shape index (κ2) is 8.95. The lowest BCUT2D eigenvalue weighted by atomic mass is 10.1. The van der Waals surface area contributed by atoms with Gasteiger partial charge in [-0.25, -0.2) is 9.07 Å². The first-order valence-corrected chi connectivity index (χ1v) is 9.84. The van der Waals surface area contributed by atoms with E-state index in [9.17, 15) is 9.18 Å². The number of nitrogens with two attached hydrogens (primary N) is 1. The van der Waals surface area contributed by atoms with Crippen molar-refractivity contribution in [3.05, 3.63) is 65.2 Å². The van der Waals surface area contributed by atoms with Gasteiger partial charge in [0.05, 0.1) is 5.25 Å². The number of hydrogen-bond acceptors (Lipinski definition) is 6. The maximum absolute atomic E-state index is 13.3. The number of amides is 1. The lowest BCUT2D eigenvalue weighted by Crippen LogP contribution is -2.24. The molecule has 1 atom stereocenters. The highest BCUT2D eigenvalue weighted by molar-refractivity contribution is 8.00. The number of ether oxygens (including phenoxy) is 1. The number of aromatic nitrogens is 3. The molecule has 0 aliphatic heterocycles. The van der Waals surface area contributed by atoms with Crippen molar-refractivity contribution >= 4 is 23.4 Å². The maximum atomic E-state index is 13.3. The summed E-state index contributed by atoms with van der Waals surface area (Å²) in [5, 5.41) is 10.6. The number of halogens is 1. The van der Waals surface area contributed by atoms with E-state index in [0.717, 1.165) is 28.6 Å². The van der Waals surface area contributed by atoms with Gasteiger partial charge >= 0.3 is 0 Å². The van der Waals surface area contributed by atoms with Gasteiger partial charge in [-0.05, 0) is 50.6 Å². The van der Waals surface area contributed by atoms with Crippen LogP contribution in [0.15, 0.2) is 47.6 Å². The summed E-state index contributed by atoms with van der Waals surface area (Å²) in [5.41, 5.74) is 2.56. The van der Waals surface area contributed by atoms with Crippen molar-refractivity contribution < 1.29 is 13.9 Å². The fraction of sp³-hybridized carbons (Fsp3) is 0.250. The fourth-order valence-corrected chi connectivity index (χ4v) is 3.40. The molecule has 9 heteroatoms. The quantitative estimate of drug-likeness (QED) is 0.453. The van der Waals surface area contributed by atoms with Gasteiger partial charge < -0.3 is 15.9 Å². The number of anilines is 1. The number of nitrogens with one attached hydrogen (secondary N) is 1. The first-order valence-electron chi connectivity index (χ1n) is 8.96. The molecule has 7 nitrogen and oxygen atoms in total. The van der Waals surface area contributed by atoms with Gasteiger partial charge in [-0.15, -0.1) is 10.2 Å². The summed E-state index contributed by atoms with van der Waals surface area (Å²) in [6.45, 7) is 5.84. The number of benzene rings is 2. The molecular weight excluding hydrogens is 393 g/mol. The molecule has 0 aliphatic carbocycles. The minimum atomic E-state index is -0.516. The van der Waals surface area contributed by atoms with Crippen LogP contribution in [0.5, 0.6) is 5.75 Å². The number of hydrogen-bond donors (Lipinski definition) is 2. The van der Waals surface area contributed by atoms with Crippen LogP contribution in [0.3, 0.4) is 0 Å². The molecule has 0 saturated carbocycles. The van der Waals surface area contributed by atoms with E-state index >= 15 is 0 Å². The lowest BCUT2D eigenvalue weighted by Gasteiger charge is -2.12. The van der Waals surface area contributed by atoms with Crippen LogP contribution in [0.1, 0.15) is 23.9 Å². The SMILES string of the molecule is Cc1ccc(OCc2nnc(S[C@H](C)C(=O)Nc3cccc(F)c3)n2N)c(C)c1. The molecule has 0 spiro atoms. The van der Waals surface area contributed by atoms with Crippen LogP contribution >= 0.6 is 11.8 Å². The third kappa shape index (κ3) is 5.26. The largest absolute Gasteiger partial charge is 0.485 e. The van der Waals surface area contributed by atoms with Crippen molar-refractivity contribution in [2.75, 3.05) is 11.2 Å². The monoisotopic (exact) mass is 415 g/mol. The zero-order chi connectivity index (χ0) is 21.0. The molecular formula is C20H22FN5O2S. The van der Waals surface area contributed by atoms with Crippen LogP contribution in [0.25, 0.3) is 0 Å². The number of nitrogens with zero attached hydrogens (tertiary/aromatic N) is 3. The molecule has 1 aromatic heterocycles. The molecule has 1 amide bonds. The molecule has 0 aliphatic rings. The van der Waals surface area contributed by atoms with Crippen molar-refractivity contribution in [1.82, 2.24) is 14.9 Å². The van der Waals surface area contributed by atoms with E-state index in [0.29, 0.717) is 16.7 Å². The summed E-state index contributed by atoms with van der Waals surface area (Å²) >= 11 is 1.15. The lowest BCUT2D eigenvalue weighted by molar-refractivity contribution is -0.115. The van der Waals surface area contributed by atoms with Gasteiger partial charge in [-0.2, -0.15) is 0 Å². The number of nitrogen functional groups attached to an aromatic ring is 1. The topological polar surface area (TPSA) is 95.1 Å². The van der Waals surface area contributed by atoms with Gasteiger partial charge in [-0.1, -0.05) is 35.5 Å². The Morgan fingerprint density at radius 2 is 2.07 bits per heavy atom. The van der Waals surface area contributed by atoms with Gasteiger partial charge in [0.25, 0.3) is 0 Å². The zero-order valence-corrected chi connectivity index (χ0v) is 17.2. The average Bonchev–Trinajstić information content (AvgIpc) is 3.01. The molecule has 0 radical (unpaired) electrons. The average molecular weight is 415 g/mol. The Hall–Kier alpha value is -3.07. The van der Waals surface area contributed by atoms with E-state index in [1.165, 1.54) is 22.9 Å². The Kier molecular flexibility index (Phi) is 6.38. The molecule has 0 fully saturated rings. The Morgan fingerprint density at radius 3 is 2.79 bits per heavy atom. The summed E-state index contributed by atoms with van der Waals surface area (Å²) in [4.78, 5) is 12.3. The minimum Gasteiger partial charge on any atom is -0.485 e. The maximum Gasteiger partial charge on any atom is 0.237 e. The first-order chi connectivity index (χ1) is 13.8. The normalized spacial score (nSPS) is 11.9. The van der Waals surface area contributed by atoms with Gasteiger partial charge in [0, 0.05) is 5.69 Å². The summed E-state index contributed by atoms with van der Waals surface area (Å²) < 4.78 is 20.3. The summed E-state index contributed by atoms with van der Waals surface area (Å²) in [6.07, 6.45) is 0. The van der Waals surface area contributed by atoms with Crippen LogP contribution in [0.2, 0.25) is 0 Å². The van der Waals surface area contributed by atoms with E-state index in [4.69, 9.17) is 10.6 Å². The summed E-state index contributed by atoms with van der Waals surface area (Å²) in [5.74, 6) is 6.53. The van der Waals surface area contributed by atoms with Crippen molar-refractivity contribution in [3.63, 3.8) is 0 Å². The summed E-state index contributed by atoms with van der Waals surface area (Å²) in [6, 6.07) is 11.6. The van der Waals surface area contributed by atoms with E-state index in [2.05, 4.69) is 15.5 Å². The second-order valence-corrected chi connectivity index (χ2v) is 7.89. The fourth-order valence-electron chi connectivity index (χ4n) is 2.61. The standard InChI is InChI=1S/C20H22FN5O2S/c1-12-7-8-17(13(2)9-12)28-11-18-24-25-20(26(18)22)29-14(3)19(27)23-16-6-4-5-15(21)10-16/h4-10,14H,11,22H2,1-3H3,(H,23,27)/t14-/m1/s1. The molecule has 0 saturated heterocycles. The molecule has 3 aromatic rings. The third-order valence-electron chi connectivity index (χ3n) is 4.17. The molecule has 0 unspecified atom stereocenters. The van der Waals surface area contributed by atoms with Crippen molar-refractivity contribution in [1.29, 1.82) is 0 Å². The predicted molar refractivity (Wildman–Crippen MR) is 111 cm³/mol. The van der Waals surface area contributed by atoms with Crippen LogP contribution in [0.4, 0.5) is 10.1 Å². The number of aryl methyl sites for hydroxylation is 2. The highest BCUT2D eigenvalue weighted by atomic mass is 32.2. The Morgan fingerprint density at radius 1 is 1.28 bits per heavy atom. The Bertz CT molecular complexity index is 1020. The number of thioether (sulfide) groups is 1. The Balaban J connectivity index is 1.60.